The fourth-order valence-electron chi connectivity index (χ4n) is 1.64. The average Bonchev–Trinajstić information content (AvgIpc) is 2.22. The van der Waals surface area contributed by atoms with Crippen LogP contribution in [0.1, 0.15) is 58.8 Å². The Labute approximate surface area is 94.9 Å². The van der Waals surface area contributed by atoms with Crippen molar-refractivity contribution in [2.24, 2.45) is 5.73 Å². The Balaban J connectivity index is 3.43. The molecule has 0 saturated carbocycles. The molecule has 4 heteroatoms. The molecule has 0 bridgehead atoms. The minimum atomic E-state index is -3.08. The van der Waals surface area contributed by atoms with E-state index in [4.69, 9.17) is 5.73 Å². The van der Waals surface area contributed by atoms with E-state index in [0.717, 1.165) is 12.8 Å². The fraction of sp³-hybridized carbons (Fsp3) is 1.00. The maximum Gasteiger partial charge on any atom is 0.349 e. The van der Waals surface area contributed by atoms with Crippen molar-refractivity contribution in [3.05, 3.63) is 0 Å². The molecule has 0 heterocycles. The molecule has 15 heavy (non-hydrogen) atoms. The summed E-state index contributed by atoms with van der Waals surface area (Å²) in [7, 11) is -3.08. The van der Waals surface area contributed by atoms with E-state index in [1.165, 1.54) is 32.1 Å². The van der Waals surface area contributed by atoms with Crippen molar-refractivity contribution in [1.82, 2.24) is 0 Å². The minimum absolute atomic E-state index is 0.367. The Bertz CT molecular complexity index is 154. The summed E-state index contributed by atoms with van der Waals surface area (Å²) in [6.45, 7) is 4.00. The maximum absolute atomic E-state index is 9.60. The summed E-state index contributed by atoms with van der Waals surface area (Å²) >= 11 is 0. The molecule has 0 fully saturated rings. The van der Waals surface area contributed by atoms with Crippen molar-refractivity contribution in [3.8, 4) is 0 Å². The van der Waals surface area contributed by atoms with Gasteiger partial charge in [-0.15, -0.1) is 0 Å². The van der Waals surface area contributed by atoms with Crippen LogP contribution in [-0.2, 0) is 0 Å². The lowest BCUT2D eigenvalue weighted by Crippen LogP contribution is -2.52. The zero-order chi connectivity index (χ0) is 11.7. The number of hydrogen-bond donors (Lipinski definition) is 3. The van der Waals surface area contributed by atoms with Gasteiger partial charge in [0.2, 0.25) is 0 Å². The van der Waals surface area contributed by atoms with Gasteiger partial charge in [0, 0.05) is 5.67 Å². The minimum Gasteiger partial charge on any atom is -0.410 e. The summed E-state index contributed by atoms with van der Waals surface area (Å²) in [5.74, 6) is 0. The molecule has 0 saturated heterocycles. The Hall–Kier alpha value is 0.0969. The van der Waals surface area contributed by atoms with Crippen molar-refractivity contribution in [2.75, 3.05) is 0 Å². The predicted molar refractivity (Wildman–Crippen MR) is 66.6 cm³/mol. The molecule has 0 aliphatic rings. The molecule has 1 atom stereocenters. The Morgan fingerprint density at radius 1 is 1.00 bits per heavy atom. The summed E-state index contributed by atoms with van der Waals surface area (Å²) < 4.78 is 0. The van der Waals surface area contributed by atoms with Crippen LogP contribution < -0.4 is 5.73 Å². The van der Waals surface area contributed by atoms with Crippen LogP contribution >= 0.6 is 0 Å². The van der Waals surface area contributed by atoms with Crippen molar-refractivity contribution in [1.29, 1.82) is 0 Å². The van der Waals surface area contributed by atoms with Crippen molar-refractivity contribution >= 4 is 8.56 Å². The van der Waals surface area contributed by atoms with E-state index < -0.39 is 8.56 Å². The molecule has 0 aliphatic heterocycles. The molecule has 0 radical (unpaired) electrons. The second kappa shape index (κ2) is 8.27. The summed E-state index contributed by atoms with van der Waals surface area (Å²) in [6.07, 6.45) is 8.07. The third kappa shape index (κ3) is 7.06. The highest BCUT2D eigenvalue weighted by atomic mass is 28.4. The van der Waals surface area contributed by atoms with Gasteiger partial charge in [-0.1, -0.05) is 52.4 Å². The zero-order valence-corrected chi connectivity index (χ0v) is 11.2. The standard InChI is InChI=1S/C11H27NO2Si/c1-3-5-6-7-8-9-10-11(12)15(13,14)4-2/h11,13-14H,3-10,12H2,1-2H3. The van der Waals surface area contributed by atoms with E-state index >= 15 is 0 Å². The number of unbranched alkanes of at least 4 members (excludes halogenated alkanes) is 5. The summed E-state index contributed by atoms with van der Waals surface area (Å²) in [5.41, 5.74) is 5.40. The summed E-state index contributed by atoms with van der Waals surface area (Å²) in [5, 5.41) is 0. The third-order valence-corrected chi connectivity index (χ3v) is 5.50. The molecule has 3 nitrogen and oxygen atoms in total. The Kier molecular flexibility index (Phi) is 8.33. The monoisotopic (exact) mass is 233 g/mol. The van der Waals surface area contributed by atoms with Crippen LogP contribution in [0.3, 0.4) is 0 Å². The largest absolute Gasteiger partial charge is 0.410 e. The molecule has 0 aromatic heterocycles. The maximum atomic E-state index is 9.60. The first-order valence-corrected chi connectivity index (χ1v) is 8.42. The van der Waals surface area contributed by atoms with Gasteiger partial charge in [0.25, 0.3) is 0 Å². The third-order valence-electron chi connectivity index (χ3n) is 2.98. The van der Waals surface area contributed by atoms with Crippen LogP contribution in [0.25, 0.3) is 0 Å². The van der Waals surface area contributed by atoms with Gasteiger partial charge in [-0.25, -0.2) is 0 Å². The number of rotatable bonds is 9. The van der Waals surface area contributed by atoms with Gasteiger partial charge in [0.15, 0.2) is 0 Å². The molecule has 4 N–H and O–H groups in total. The highest BCUT2D eigenvalue weighted by molar-refractivity contribution is 6.66. The lowest BCUT2D eigenvalue weighted by Gasteiger charge is -2.23. The van der Waals surface area contributed by atoms with Crippen molar-refractivity contribution < 1.29 is 9.59 Å². The molecule has 0 rings (SSSR count). The van der Waals surface area contributed by atoms with E-state index in [0.29, 0.717) is 6.04 Å². The van der Waals surface area contributed by atoms with Gasteiger partial charge in [-0.3, -0.25) is 0 Å². The average molecular weight is 233 g/mol. The quantitative estimate of drug-likeness (QED) is 0.422. The van der Waals surface area contributed by atoms with E-state index in [1.807, 2.05) is 0 Å². The second-order valence-electron chi connectivity index (χ2n) is 4.40. The lowest BCUT2D eigenvalue weighted by molar-refractivity contribution is 0.334. The van der Waals surface area contributed by atoms with Gasteiger partial charge < -0.3 is 15.3 Å². The van der Waals surface area contributed by atoms with Gasteiger partial charge in [0.05, 0.1) is 0 Å². The zero-order valence-electron chi connectivity index (χ0n) is 10.2. The SMILES string of the molecule is CCCCCCCCC(N)[Si](O)(O)CC. The van der Waals surface area contributed by atoms with Crippen molar-refractivity contribution in [2.45, 2.75) is 70.5 Å². The van der Waals surface area contributed by atoms with Crippen LogP contribution in [-0.4, -0.2) is 23.8 Å². The van der Waals surface area contributed by atoms with Gasteiger partial charge >= 0.3 is 8.56 Å². The van der Waals surface area contributed by atoms with Crippen molar-refractivity contribution in [3.63, 3.8) is 0 Å². The molecular weight excluding hydrogens is 206 g/mol. The normalized spacial score (nSPS) is 14.2. The Morgan fingerprint density at radius 2 is 1.53 bits per heavy atom. The fourth-order valence-corrected chi connectivity index (χ4v) is 2.83. The van der Waals surface area contributed by atoms with Crippen LogP contribution in [0.5, 0.6) is 0 Å². The highest BCUT2D eigenvalue weighted by Gasteiger charge is 2.34. The number of hydrogen-bond acceptors (Lipinski definition) is 3. The molecule has 1 unspecified atom stereocenters. The first-order valence-electron chi connectivity index (χ1n) is 6.25. The lowest BCUT2D eigenvalue weighted by atomic mass is 10.1. The smallest absolute Gasteiger partial charge is 0.349 e. The van der Waals surface area contributed by atoms with E-state index in [9.17, 15) is 9.59 Å². The van der Waals surface area contributed by atoms with Gasteiger partial charge in [-0.2, -0.15) is 0 Å². The Morgan fingerprint density at radius 3 is 2.07 bits per heavy atom. The molecule has 0 aliphatic carbocycles. The summed E-state index contributed by atoms with van der Waals surface area (Å²) in [4.78, 5) is 19.2. The first kappa shape index (κ1) is 15.1. The molecule has 0 amide bonds. The van der Waals surface area contributed by atoms with Crippen LogP contribution in [0.15, 0.2) is 0 Å². The van der Waals surface area contributed by atoms with E-state index in [-0.39, 0.29) is 5.67 Å². The predicted octanol–water partition coefficient (Wildman–Crippen LogP) is 2.05. The number of nitrogens with two attached hydrogens (primary N) is 1. The van der Waals surface area contributed by atoms with E-state index in [2.05, 4.69) is 6.92 Å². The summed E-state index contributed by atoms with van der Waals surface area (Å²) in [6, 6.07) is 0.435. The molecule has 0 aromatic carbocycles. The van der Waals surface area contributed by atoms with Gasteiger partial charge in [-0.05, 0) is 12.5 Å². The second-order valence-corrected chi connectivity index (χ2v) is 7.60. The highest BCUT2D eigenvalue weighted by Crippen LogP contribution is 2.13. The van der Waals surface area contributed by atoms with Crippen LogP contribution in [0.2, 0.25) is 6.04 Å². The van der Waals surface area contributed by atoms with Crippen LogP contribution in [0.4, 0.5) is 0 Å². The molecule has 92 valence electrons. The topological polar surface area (TPSA) is 66.5 Å². The first-order chi connectivity index (χ1) is 7.04. The van der Waals surface area contributed by atoms with E-state index in [1.54, 1.807) is 6.92 Å². The van der Waals surface area contributed by atoms with Gasteiger partial charge in [0.1, 0.15) is 0 Å². The molecule has 0 aromatic rings. The van der Waals surface area contributed by atoms with Crippen LogP contribution in [0, 0.1) is 0 Å². The molecular formula is C11H27NO2Si. The molecule has 0 spiro atoms.